The number of esters is 1. The Balaban J connectivity index is 1.30. The van der Waals surface area contributed by atoms with Crippen LogP contribution in [0.1, 0.15) is 24.0 Å². The van der Waals surface area contributed by atoms with Crippen molar-refractivity contribution in [1.82, 2.24) is 4.90 Å². The van der Waals surface area contributed by atoms with Crippen molar-refractivity contribution in [2.75, 3.05) is 37.4 Å². The molecule has 4 rings (SSSR count). The highest BCUT2D eigenvalue weighted by Gasteiger charge is 2.16. The first-order chi connectivity index (χ1) is 17.4. The molecule has 0 atom stereocenters. The van der Waals surface area contributed by atoms with Crippen molar-refractivity contribution in [3.63, 3.8) is 0 Å². The van der Waals surface area contributed by atoms with E-state index in [0.717, 1.165) is 46.6 Å². The molecule has 36 heavy (non-hydrogen) atoms. The van der Waals surface area contributed by atoms with E-state index in [0.29, 0.717) is 21.5 Å². The van der Waals surface area contributed by atoms with Gasteiger partial charge in [0.15, 0.2) is 0 Å². The van der Waals surface area contributed by atoms with Crippen molar-refractivity contribution in [1.29, 1.82) is 0 Å². The van der Waals surface area contributed by atoms with Crippen molar-refractivity contribution >= 4 is 62.2 Å². The fraction of sp³-hybridized carbons (Fsp3) is 0.296. The van der Waals surface area contributed by atoms with Gasteiger partial charge >= 0.3 is 5.97 Å². The summed E-state index contributed by atoms with van der Waals surface area (Å²) in [5.41, 5.74) is 10.1. The first-order valence-corrected chi connectivity index (χ1v) is 13.3. The third-order valence-corrected chi connectivity index (χ3v) is 7.26. The van der Waals surface area contributed by atoms with Crippen LogP contribution in [0.2, 0.25) is 10.0 Å². The monoisotopic (exact) mass is 591 g/mol. The molecule has 6 nitrogen and oxygen atoms in total. The Labute approximate surface area is 229 Å². The van der Waals surface area contributed by atoms with Crippen LogP contribution >= 0.6 is 39.1 Å². The smallest absolute Gasteiger partial charge is 0.310 e. The SMILES string of the molecule is Nc1c(Br)cc(OCCOC(=O)Cc2ccccc2Nc2c(Cl)cccc2Cl)cc1CN1CCCC1. The van der Waals surface area contributed by atoms with Crippen LogP contribution in [0.4, 0.5) is 17.1 Å². The number of carbonyl (C=O) groups excluding carboxylic acids is 1. The summed E-state index contributed by atoms with van der Waals surface area (Å²) in [7, 11) is 0. The van der Waals surface area contributed by atoms with Gasteiger partial charge in [-0.25, -0.2) is 0 Å². The number of nitrogens with one attached hydrogen (secondary N) is 1. The average molecular weight is 593 g/mol. The summed E-state index contributed by atoms with van der Waals surface area (Å²) < 4.78 is 12.1. The summed E-state index contributed by atoms with van der Waals surface area (Å²) in [4.78, 5) is 14.9. The number of para-hydroxylation sites is 2. The number of rotatable bonds is 10. The lowest BCUT2D eigenvalue weighted by atomic mass is 10.1. The Morgan fingerprint density at radius 1 is 1.00 bits per heavy atom. The second-order valence-electron chi connectivity index (χ2n) is 8.59. The van der Waals surface area contributed by atoms with E-state index in [-0.39, 0.29) is 25.6 Å². The maximum absolute atomic E-state index is 12.5. The molecule has 1 aliphatic rings. The number of nitrogen functional groups attached to an aromatic ring is 1. The molecule has 0 unspecified atom stereocenters. The Morgan fingerprint density at radius 3 is 2.47 bits per heavy atom. The molecular formula is C27H28BrCl2N3O3. The minimum atomic E-state index is -0.355. The maximum Gasteiger partial charge on any atom is 0.310 e. The molecule has 3 aromatic carbocycles. The number of hydrogen-bond donors (Lipinski definition) is 2. The first-order valence-electron chi connectivity index (χ1n) is 11.8. The molecule has 1 fully saturated rings. The number of hydrogen-bond acceptors (Lipinski definition) is 6. The highest BCUT2D eigenvalue weighted by molar-refractivity contribution is 9.10. The predicted octanol–water partition coefficient (Wildman–Crippen LogP) is 6.84. The average Bonchev–Trinajstić information content (AvgIpc) is 3.36. The topological polar surface area (TPSA) is 76.8 Å². The van der Waals surface area contributed by atoms with Gasteiger partial charge in [-0.2, -0.15) is 0 Å². The van der Waals surface area contributed by atoms with Crippen LogP contribution < -0.4 is 15.8 Å². The van der Waals surface area contributed by atoms with E-state index in [1.165, 1.54) is 12.8 Å². The van der Waals surface area contributed by atoms with Gasteiger partial charge in [0, 0.05) is 16.7 Å². The second kappa shape index (κ2) is 12.7. The molecule has 1 saturated heterocycles. The minimum Gasteiger partial charge on any atom is -0.490 e. The number of halogens is 3. The molecule has 0 aromatic heterocycles. The van der Waals surface area contributed by atoms with Crippen LogP contribution in [0.3, 0.4) is 0 Å². The van der Waals surface area contributed by atoms with Gasteiger partial charge in [-0.1, -0.05) is 47.5 Å². The van der Waals surface area contributed by atoms with Gasteiger partial charge in [0.25, 0.3) is 0 Å². The van der Waals surface area contributed by atoms with E-state index in [2.05, 4.69) is 26.1 Å². The van der Waals surface area contributed by atoms with E-state index in [4.69, 9.17) is 38.4 Å². The number of benzene rings is 3. The standard InChI is InChI=1S/C27H28BrCl2N3O3/c28-21-16-20(14-19(26(21)31)17-33-10-3-4-11-33)35-12-13-36-25(34)15-18-6-1-2-9-24(18)32-27-22(29)7-5-8-23(27)30/h1-2,5-9,14,16,32H,3-4,10-13,15,17,31H2. The molecule has 1 heterocycles. The van der Waals surface area contributed by atoms with Crippen molar-refractivity contribution in [2.45, 2.75) is 25.8 Å². The summed E-state index contributed by atoms with van der Waals surface area (Å²) in [6.45, 7) is 3.34. The van der Waals surface area contributed by atoms with Gasteiger partial charge in [0.1, 0.15) is 19.0 Å². The van der Waals surface area contributed by atoms with Gasteiger partial charge in [-0.15, -0.1) is 0 Å². The molecule has 0 amide bonds. The van der Waals surface area contributed by atoms with E-state index < -0.39 is 0 Å². The molecular weight excluding hydrogens is 565 g/mol. The molecule has 0 bridgehead atoms. The third-order valence-electron chi connectivity index (χ3n) is 5.97. The van der Waals surface area contributed by atoms with Gasteiger partial charge in [-0.05, 0) is 83.3 Å². The zero-order chi connectivity index (χ0) is 25.5. The molecule has 190 valence electrons. The van der Waals surface area contributed by atoms with Crippen LogP contribution in [-0.2, 0) is 22.5 Å². The Morgan fingerprint density at radius 2 is 1.72 bits per heavy atom. The second-order valence-corrected chi connectivity index (χ2v) is 10.3. The zero-order valence-electron chi connectivity index (χ0n) is 19.7. The van der Waals surface area contributed by atoms with Gasteiger partial charge in [-0.3, -0.25) is 9.69 Å². The summed E-state index contributed by atoms with van der Waals surface area (Å²) in [6, 6.07) is 16.5. The van der Waals surface area contributed by atoms with Crippen molar-refractivity contribution in [2.24, 2.45) is 0 Å². The van der Waals surface area contributed by atoms with Crippen LogP contribution in [0, 0.1) is 0 Å². The van der Waals surface area contributed by atoms with Crippen molar-refractivity contribution < 1.29 is 14.3 Å². The molecule has 0 spiro atoms. The number of nitrogens with zero attached hydrogens (tertiary/aromatic N) is 1. The van der Waals surface area contributed by atoms with E-state index in [1.54, 1.807) is 18.2 Å². The van der Waals surface area contributed by atoms with E-state index in [1.807, 2.05) is 36.4 Å². The van der Waals surface area contributed by atoms with Crippen molar-refractivity contribution in [3.8, 4) is 5.75 Å². The fourth-order valence-electron chi connectivity index (χ4n) is 4.11. The molecule has 3 aromatic rings. The highest BCUT2D eigenvalue weighted by atomic mass is 79.9. The Bertz CT molecular complexity index is 1200. The van der Waals surface area contributed by atoms with Crippen LogP contribution in [0.15, 0.2) is 59.1 Å². The van der Waals surface area contributed by atoms with Gasteiger partial charge in [0.2, 0.25) is 0 Å². The normalized spacial score (nSPS) is 13.5. The number of likely N-dealkylation sites (tertiary alicyclic amines) is 1. The zero-order valence-corrected chi connectivity index (χ0v) is 22.8. The third kappa shape index (κ3) is 7.07. The maximum atomic E-state index is 12.5. The van der Waals surface area contributed by atoms with Crippen molar-refractivity contribution in [3.05, 3.63) is 80.2 Å². The largest absolute Gasteiger partial charge is 0.490 e. The van der Waals surface area contributed by atoms with E-state index >= 15 is 0 Å². The number of nitrogens with two attached hydrogens (primary N) is 1. The number of ether oxygens (including phenoxy) is 2. The summed E-state index contributed by atoms with van der Waals surface area (Å²) in [5, 5.41) is 4.22. The number of carbonyl (C=O) groups is 1. The number of anilines is 3. The molecule has 1 aliphatic heterocycles. The van der Waals surface area contributed by atoms with Crippen LogP contribution in [0.5, 0.6) is 5.75 Å². The highest BCUT2D eigenvalue weighted by Crippen LogP contribution is 2.34. The fourth-order valence-corrected chi connectivity index (χ4v) is 5.09. The molecule has 3 N–H and O–H groups in total. The minimum absolute atomic E-state index is 0.0959. The summed E-state index contributed by atoms with van der Waals surface area (Å²) in [5.74, 6) is 0.332. The quantitative estimate of drug-likeness (QED) is 0.152. The Kier molecular flexibility index (Phi) is 9.37. The molecule has 0 saturated carbocycles. The van der Waals surface area contributed by atoms with Gasteiger partial charge < -0.3 is 20.5 Å². The summed E-state index contributed by atoms with van der Waals surface area (Å²) in [6.07, 6.45) is 2.53. The molecule has 0 radical (unpaired) electrons. The molecule has 9 heteroatoms. The lowest BCUT2D eigenvalue weighted by molar-refractivity contribution is -0.143. The predicted molar refractivity (Wildman–Crippen MR) is 149 cm³/mol. The van der Waals surface area contributed by atoms with Crippen LogP contribution in [0.25, 0.3) is 0 Å². The van der Waals surface area contributed by atoms with Crippen LogP contribution in [-0.4, -0.2) is 37.2 Å². The Hall–Kier alpha value is -2.45. The lowest BCUT2D eigenvalue weighted by Crippen LogP contribution is -2.19. The van der Waals surface area contributed by atoms with Gasteiger partial charge in [0.05, 0.1) is 27.8 Å². The molecule has 0 aliphatic carbocycles. The van der Waals surface area contributed by atoms with E-state index in [9.17, 15) is 4.79 Å². The summed E-state index contributed by atoms with van der Waals surface area (Å²) >= 11 is 16.1. The lowest BCUT2D eigenvalue weighted by Gasteiger charge is -2.18. The first kappa shape index (κ1) is 26.6.